The molecule has 4 heteroatoms. The predicted molar refractivity (Wildman–Crippen MR) is 59.5 cm³/mol. The monoisotopic (exact) mass is 218 g/mol. The van der Waals surface area contributed by atoms with Gasteiger partial charge in [-0.3, -0.25) is 4.79 Å². The molecular weight excluding hydrogens is 204 g/mol. The van der Waals surface area contributed by atoms with E-state index < -0.39 is 6.04 Å². The summed E-state index contributed by atoms with van der Waals surface area (Å²) in [6.45, 7) is 0.829. The van der Waals surface area contributed by atoms with Gasteiger partial charge in [-0.2, -0.15) is 0 Å². The highest BCUT2D eigenvalue weighted by Crippen LogP contribution is 2.32. The van der Waals surface area contributed by atoms with E-state index in [0.717, 1.165) is 17.4 Å². The third-order valence-electron chi connectivity index (χ3n) is 2.86. The molecule has 1 aliphatic heterocycles. The molecule has 0 saturated carbocycles. The van der Waals surface area contributed by atoms with Crippen molar-refractivity contribution < 1.29 is 9.59 Å². The average molecular weight is 218 g/mol. The fraction of sp³-hybridized carbons (Fsp3) is 0.333. The zero-order valence-electron chi connectivity index (χ0n) is 8.93. The van der Waals surface area contributed by atoms with Gasteiger partial charge in [0.15, 0.2) is 0 Å². The molecule has 1 aromatic rings. The molecule has 1 unspecified atom stereocenters. The Morgan fingerprint density at radius 1 is 1.50 bits per heavy atom. The van der Waals surface area contributed by atoms with Gasteiger partial charge in [0.25, 0.3) is 0 Å². The van der Waals surface area contributed by atoms with Crippen LogP contribution in [0.1, 0.15) is 23.6 Å². The molecule has 1 aromatic carbocycles. The van der Waals surface area contributed by atoms with Crippen LogP contribution in [0.4, 0.5) is 0 Å². The van der Waals surface area contributed by atoms with E-state index in [9.17, 15) is 9.59 Å². The van der Waals surface area contributed by atoms with Crippen molar-refractivity contribution >= 4 is 12.2 Å². The third-order valence-corrected chi connectivity index (χ3v) is 2.86. The molecule has 1 atom stereocenters. The van der Waals surface area contributed by atoms with Gasteiger partial charge in [-0.25, -0.2) is 0 Å². The first kappa shape index (κ1) is 10.8. The number of carbonyl (C=O) groups excluding carboxylic acids is 2. The Bertz CT molecular complexity index is 417. The highest BCUT2D eigenvalue weighted by Gasteiger charge is 2.32. The van der Waals surface area contributed by atoms with Crippen molar-refractivity contribution in [3.05, 3.63) is 35.4 Å². The van der Waals surface area contributed by atoms with E-state index >= 15 is 0 Å². The first-order chi connectivity index (χ1) is 7.77. The van der Waals surface area contributed by atoms with Crippen LogP contribution >= 0.6 is 0 Å². The largest absolute Gasteiger partial charge is 0.330 e. The summed E-state index contributed by atoms with van der Waals surface area (Å²) in [6.07, 6.45) is 1.11. The van der Waals surface area contributed by atoms with E-state index in [2.05, 4.69) is 0 Å². The minimum absolute atomic E-state index is 0.0594. The molecule has 0 aliphatic carbocycles. The number of fused-ring (bicyclic) bond motifs is 1. The van der Waals surface area contributed by atoms with Crippen molar-refractivity contribution in [2.45, 2.75) is 19.0 Å². The molecule has 2 rings (SSSR count). The summed E-state index contributed by atoms with van der Waals surface area (Å²) in [6, 6.07) is 7.20. The SMILES string of the molecule is NCCC(=O)N1Cc2ccccc2C1C=O. The van der Waals surface area contributed by atoms with Crippen LogP contribution in [0, 0.1) is 0 Å². The molecule has 1 heterocycles. The fourth-order valence-electron chi connectivity index (χ4n) is 2.07. The number of aldehydes is 1. The Morgan fingerprint density at radius 2 is 2.25 bits per heavy atom. The molecule has 84 valence electrons. The number of hydrogen-bond donors (Lipinski definition) is 1. The van der Waals surface area contributed by atoms with E-state index in [-0.39, 0.29) is 5.91 Å². The number of carbonyl (C=O) groups is 2. The van der Waals surface area contributed by atoms with Crippen molar-refractivity contribution in [1.29, 1.82) is 0 Å². The van der Waals surface area contributed by atoms with E-state index in [4.69, 9.17) is 5.73 Å². The normalized spacial score (nSPS) is 18.3. The lowest BCUT2D eigenvalue weighted by molar-refractivity contribution is -0.136. The number of benzene rings is 1. The first-order valence-electron chi connectivity index (χ1n) is 5.30. The molecule has 0 aromatic heterocycles. The van der Waals surface area contributed by atoms with Gasteiger partial charge in [0.2, 0.25) is 5.91 Å². The van der Waals surface area contributed by atoms with Crippen LogP contribution in [0.25, 0.3) is 0 Å². The van der Waals surface area contributed by atoms with E-state index in [1.807, 2.05) is 24.3 Å². The van der Waals surface area contributed by atoms with Gasteiger partial charge in [-0.1, -0.05) is 24.3 Å². The summed E-state index contributed by atoms with van der Waals surface area (Å²) in [5, 5.41) is 0. The molecular formula is C12H14N2O2. The number of nitrogens with zero attached hydrogens (tertiary/aromatic N) is 1. The van der Waals surface area contributed by atoms with Gasteiger partial charge >= 0.3 is 0 Å². The second-order valence-electron chi connectivity index (χ2n) is 3.84. The van der Waals surface area contributed by atoms with Gasteiger partial charge in [-0.05, 0) is 11.1 Å². The van der Waals surface area contributed by atoms with E-state index in [1.54, 1.807) is 4.90 Å². The molecule has 4 nitrogen and oxygen atoms in total. The second-order valence-corrected chi connectivity index (χ2v) is 3.84. The highest BCUT2D eigenvalue weighted by atomic mass is 16.2. The third kappa shape index (κ3) is 1.72. The number of nitrogens with two attached hydrogens (primary N) is 1. The molecule has 1 amide bonds. The maximum Gasteiger partial charge on any atom is 0.225 e. The lowest BCUT2D eigenvalue weighted by atomic mass is 10.1. The molecule has 0 saturated heterocycles. The molecule has 0 spiro atoms. The van der Waals surface area contributed by atoms with Crippen molar-refractivity contribution in [2.75, 3.05) is 6.54 Å². The summed E-state index contributed by atoms with van der Waals surface area (Å²) >= 11 is 0. The number of hydrogen-bond acceptors (Lipinski definition) is 3. The molecule has 0 bridgehead atoms. The lowest BCUT2D eigenvalue weighted by Crippen LogP contribution is -2.31. The van der Waals surface area contributed by atoms with Crippen LogP contribution in [0.3, 0.4) is 0 Å². The first-order valence-corrected chi connectivity index (χ1v) is 5.30. The number of rotatable bonds is 3. The standard InChI is InChI=1S/C12H14N2O2/c13-6-5-12(16)14-7-9-3-1-2-4-10(9)11(14)8-15/h1-4,8,11H,5-7,13H2. The van der Waals surface area contributed by atoms with Crippen LogP contribution in [0.5, 0.6) is 0 Å². The molecule has 16 heavy (non-hydrogen) atoms. The zero-order valence-corrected chi connectivity index (χ0v) is 8.93. The van der Waals surface area contributed by atoms with Crippen molar-refractivity contribution in [3.8, 4) is 0 Å². The minimum atomic E-state index is -0.435. The van der Waals surface area contributed by atoms with E-state index in [1.165, 1.54) is 0 Å². The highest BCUT2D eigenvalue weighted by molar-refractivity contribution is 5.82. The van der Waals surface area contributed by atoms with E-state index in [0.29, 0.717) is 19.5 Å². The lowest BCUT2D eigenvalue weighted by Gasteiger charge is -2.20. The Balaban J connectivity index is 2.27. The van der Waals surface area contributed by atoms with Gasteiger partial charge < -0.3 is 15.4 Å². The van der Waals surface area contributed by atoms with Gasteiger partial charge in [0.1, 0.15) is 12.3 Å². The topological polar surface area (TPSA) is 63.4 Å². The Kier molecular flexibility index (Phi) is 3.01. The van der Waals surface area contributed by atoms with Gasteiger partial charge in [0.05, 0.1) is 0 Å². The zero-order chi connectivity index (χ0) is 11.5. The summed E-state index contributed by atoms with van der Waals surface area (Å²) in [7, 11) is 0. The molecule has 1 aliphatic rings. The van der Waals surface area contributed by atoms with Crippen molar-refractivity contribution in [1.82, 2.24) is 4.90 Å². The number of amides is 1. The van der Waals surface area contributed by atoms with Crippen molar-refractivity contribution in [2.24, 2.45) is 5.73 Å². The predicted octanol–water partition coefficient (Wildman–Crippen LogP) is 0.618. The fourth-order valence-corrected chi connectivity index (χ4v) is 2.07. The summed E-state index contributed by atoms with van der Waals surface area (Å²) in [4.78, 5) is 24.4. The Hall–Kier alpha value is -1.68. The van der Waals surface area contributed by atoms with Crippen LogP contribution in [-0.2, 0) is 16.1 Å². The Morgan fingerprint density at radius 3 is 2.94 bits per heavy atom. The van der Waals surface area contributed by atoms with Crippen LogP contribution in [0.2, 0.25) is 0 Å². The minimum Gasteiger partial charge on any atom is -0.330 e. The summed E-state index contributed by atoms with van der Waals surface area (Å²) < 4.78 is 0. The molecule has 0 radical (unpaired) electrons. The molecule has 2 N–H and O–H groups in total. The summed E-state index contributed by atoms with van der Waals surface area (Å²) in [5.41, 5.74) is 7.33. The summed E-state index contributed by atoms with van der Waals surface area (Å²) in [5.74, 6) is -0.0594. The smallest absolute Gasteiger partial charge is 0.225 e. The van der Waals surface area contributed by atoms with Crippen LogP contribution in [-0.4, -0.2) is 23.6 Å². The Labute approximate surface area is 94.0 Å². The van der Waals surface area contributed by atoms with Gasteiger partial charge in [-0.15, -0.1) is 0 Å². The van der Waals surface area contributed by atoms with Gasteiger partial charge in [0, 0.05) is 19.5 Å². The maximum atomic E-state index is 11.8. The average Bonchev–Trinajstić information content (AvgIpc) is 2.67. The molecule has 0 fully saturated rings. The quantitative estimate of drug-likeness (QED) is 0.756. The maximum absolute atomic E-state index is 11.8. The van der Waals surface area contributed by atoms with Crippen LogP contribution < -0.4 is 5.73 Å². The second kappa shape index (κ2) is 4.45. The van der Waals surface area contributed by atoms with Crippen molar-refractivity contribution in [3.63, 3.8) is 0 Å². The van der Waals surface area contributed by atoms with Crippen LogP contribution in [0.15, 0.2) is 24.3 Å².